The minimum absolute atomic E-state index is 0.327. The van der Waals surface area contributed by atoms with Gasteiger partial charge >= 0.3 is 0 Å². The van der Waals surface area contributed by atoms with Crippen LogP contribution in [0.1, 0.15) is 17.8 Å². The maximum absolute atomic E-state index is 5.54. The fraction of sp³-hybridized carbons (Fsp3) is 0.286. The highest BCUT2D eigenvalue weighted by molar-refractivity contribution is 5.88. The predicted octanol–water partition coefficient (Wildman–Crippen LogP) is 3.34. The third kappa shape index (κ3) is 4.74. The zero-order valence-electron chi connectivity index (χ0n) is 20.0. The Labute approximate surface area is 199 Å². The monoisotopic (exact) mass is 453 g/mol. The Morgan fingerprint density at radius 1 is 1.12 bits per heavy atom. The number of pyridine rings is 1. The Morgan fingerprint density at radius 2 is 1.97 bits per heavy atom. The quantitative estimate of drug-likeness (QED) is 0.429. The topological polar surface area (TPSA) is 69.8 Å². The summed E-state index contributed by atoms with van der Waals surface area (Å²) in [5.41, 5.74) is 6.61. The van der Waals surface area contributed by atoms with Crippen LogP contribution in [0.3, 0.4) is 0 Å². The van der Waals surface area contributed by atoms with Crippen LogP contribution < -0.4 is 10.6 Å². The maximum Gasteiger partial charge on any atom is 0.178 e. The fourth-order valence-corrected chi connectivity index (χ4v) is 4.69. The number of hydrogen-bond acceptors (Lipinski definition) is 4. The number of nitrogens with one attached hydrogen (secondary N) is 2. The van der Waals surface area contributed by atoms with Crippen molar-refractivity contribution in [3.8, 4) is 11.3 Å². The SMILES string of the molecule is COC[C@@H](Cc1ccccc1)N(C)CC1=CC=c2[nH]c(-c3ccnc4nc(C)[nH]c34)cc2=CC1. The van der Waals surface area contributed by atoms with Crippen LogP contribution in [0.5, 0.6) is 0 Å². The number of ether oxygens (including phenoxy) is 1. The van der Waals surface area contributed by atoms with Gasteiger partial charge in [0.05, 0.1) is 12.1 Å². The van der Waals surface area contributed by atoms with E-state index in [1.807, 2.05) is 19.2 Å². The summed E-state index contributed by atoms with van der Waals surface area (Å²) in [7, 11) is 3.97. The van der Waals surface area contributed by atoms with Crippen molar-refractivity contribution in [1.29, 1.82) is 0 Å². The molecular weight excluding hydrogens is 422 g/mol. The number of aryl methyl sites for hydroxylation is 1. The van der Waals surface area contributed by atoms with E-state index in [1.54, 1.807) is 7.11 Å². The lowest BCUT2D eigenvalue weighted by Gasteiger charge is -2.28. The van der Waals surface area contributed by atoms with Gasteiger partial charge in [0.15, 0.2) is 5.65 Å². The second kappa shape index (κ2) is 9.79. The van der Waals surface area contributed by atoms with Crippen molar-refractivity contribution in [3.05, 3.63) is 82.3 Å². The van der Waals surface area contributed by atoms with Crippen molar-refractivity contribution in [1.82, 2.24) is 24.8 Å². The number of nitrogens with zero attached hydrogens (tertiary/aromatic N) is 3. The number of rotatable bonds is 8. The standard InChI is InChI=1S/C28H31N5O/c1-19-30-27-24(13-14-29-28(27)31-19)26-16-22-11-9-21(10-12-25(22)32-26)17-33(2)23(18-34-3)15-20-7-5-4-6-8-20/h4-8,10-14,16,23,32H,9,15,17-18H2,1-3H3,(H,29,30,31)/t23-/m1/s1. The Kier molecular flexibility index (Phi) is 6.43. The molecule has 6 heteroatoms. The number of allylic oxidation sites excluding steroid dienone is 1. The second-order valence-corrected chi connectivity index (χ2v) is 9.05. The molecule has 2 N–H and O–H groups in total. The first-order valence-electron chi connectivity index (χ1n) is 11.7. The van der Waals surface area contributed by atoms with Crippen LogP contribution in [0.4, 0.5) is 0 Å². The van der Waals surface area contributed by atoms with E-state index in [1.165, 1.54) is 16.4 Å². The van der Waals surface area contributed by atoms with Crippen molar-refractivity contribution < 1.29 is 4.74 Å². The lowest BCUT2D eigenvalue weighted by atomic mass is 10.0. The number of aromatic amines is 2. The largest absolute Gasteiger partial charge is 0.383 e. The molecule has 1 aromatic carbocycles. The number of likely N-dealkylation sites (N-methyl/N-ethyl adjacent to an activating group) is 1. The molecule has 1 aliphatic rings. The zero-order valence-corrected chi connectivity index (χ0v) is 20.0. The minimum Gasteiger partial charge on any atom is -0.383 e. The van der Waals surface area contributed by atoms with Crippen molar-refractivity contribution in [2.24, 2.45) is 0 Å². The number of aromatic nitrogens is 4. The fourth-order valence-electron chi connectivity index (χ4n) is 4.69. The highest BCUT2D eigenvalue weighted by atomic mass is 16.5. The van der Waals surface area contributed by atoms with E-state index < -0.39 is 0 Å². The predicted molar refractivity (Wildman–Crippen MR) is 138 cm³/mol. The number of H-pyrrole nitrogens is 2. The number of hydrogen-bond donors (Lipinski definition) is 2. The van der Waals surface area contributed by atoms with E-state index in [0.29, 0.717) is 12.6 Å². The van der Waals surface area contributed by atoms with Crippen LogP contribution in [0.15, 0.2) is 60.3 Å². The molecule has 6 nitrogen and oxygen atoms in total. The maximum atomic E-state index is 5.54. The van der Waals surface area contributed by atoms with Gasteiger partial charge in [-0.2, -0.15) is 0 Å². The van der Waals surface area contributed by atoms with E-state index >= 15 is 0 Å². The highest BCUT2D eigenvalue weighted by Gasteiger charge is 2.17. The molecule has 3 heterocycles. The second-order valence-electron chi connectivity index (χ2n) is 9.05. The summed E-state index contributed by atoms with van der Waals surface area (Å²) in [6.45, 7) is 3.57. The lowest BCUT2D eigenvalue weighted by molar-refractivity contribution is 0.111. The van der Waals surface area contributed by atoms with Gasteiger partial charge < -0.3 is 14.7 Å². The first-order valence-corrected chi connectivity index (χ1v) is 11.7. The summed E-state index contributed by atoms with van der Waals surface area (Å²) in [6.07, 6.45) is 10.5. The molecule has 0 saturated heterocycles. The van der Waals surface area contributed by atoms with Crippen molar-refractivity contribution >= 4 is 23.3 Å². The van der Waals surface area contributed by atoms with E-state index in [9.17, 15) is 0 Å². The van der Waals surface area contributed by atoms with E-state index in [2.05, 4.69) is 86.5 Å². The molecule has 174 valence electrons. The first-order chi connectivity index (χ1) is 16.6. The first kappa shape index (κ1) is 22.3. The third-order valence-corrected chi connectivity index (χ3v) is 6.50. The summed E-state index contributed by atoms with van der Waals surface area (Å²) >= 11 is 0. The molecule has 0 bridgehead atoms. The molecule has 0 saturated carbocycles. The molecule has 0 fully saturated rings. The van der Waals surface area contributed by atoms with Gasteiger partial charge in [-0.05, 0) is 55.8 Å². The molecule has 4 aromatic rings. The molecule has 0 radical (unpaired) electrons. The molecule has 0 aliphatic heterocycles. The summed E-state index contributed by atoms with van der Waals surface area (Å²) < 4.78 is 5.54. The van der Waals surface area contributed by atoms with Crippen LogP contribution in [0, 0.1) is 6.92 Å². The summed E-state index contributed by atoms with van der Waals surface area (Å²) in [6, 6.07) is 15.2. The van der Waals surface area contributed by atoms with Crippen molar-refractivity contribution in [3.63, 3.8) is 0 Å². The molecule has 1 atom stereocenters. The third-order valence-electron chi connectivity index (χ3n) is 6.50. The lowest BCUT2D eigenvalue weighted by Crippen LogP contribution is -2.38. The Balaban J connectivity index is 1.36. The molecular formula is C28H31N5O. The highest BCUT2D eigenvalue weighted by Crippen LogP contribution is 2.23. The van der Waals surface area contributed by atoms with Crippen LogP contribution in [-0.4, -0.2) is 58.2 Å². The minimum atomic E-state index is 0.327. The Hall–Kier alpha value is -3.48. The van der Waals surface area contributed by atoms with Gasteiger partial charge in [0.2, 0.25) is 0 Å². The van der Waals surface area contributed by atoms with Gasteiger partial charge in [0, 0.05) is 42.5 Å². The number of methoxy groups -OCH3 is 1. The van der Waals surface area contributed by atoms with E-state index in [0.717, 1.165) is 53.0 Å². The zero-order chi connectivity index (χ0) is 23.5. The van der Waals surface area contributed by atoms with Crippen LogP contribution in [-0.2, 0) is 11.2 Å². The normalized spacial score (nSPS) is 14.3. The molecule has 34 heavy (non-hydrogen) atoms. The molecule has 0 amide bonds. The van der Waals surface area contributed by atoms with Gasteiger partial charge in [-0.1, -0.05) is 48.1 Å². The summed E-state index contributed by atoms with van der Waals surface area (Å²) in [5.74, 6) is 0.872. The smallest absolute Gasteiger partial charge is 0.178 e. The Morgan fingerprint density at radius 3 is 2.79 bits per heavy atom. The molecule has 0 spiro atoms. The van der Waals surface area contributed by atoms with Gasteiger partial charge in [-0.25, -0.2) is 9.97 Å². The van der Waals surface area contributed by atoms with E-state index in [4.69, 9.17) is 4.74 Å². The van der Waals surface area contributed by atoms with Crippen LogP contribution >= 0.6 is 0 Å². The summed E-state index contributed by atoms with van der Waals surface area (Å²) in [4.78, 5) is 18.2. The molecule has 0 unspecified atom stereocenters. The summed E-state index contributed by atoms with van der Waals surface area (Å²) in [5, 5.41) is 2.36. The van der Waals surface area contributed by atoms with Gasteiger partial charge in [-0.3, -0.25) is 4.90 Å². The number of fused-ring (bicyclic) bond motifs is 2. The van der Waals surface area contributed by atoms with Gasteiger partial charge in [0.1, 0.15) is 5.82 Å². The number of benzene rings is 1. The average molecular weight is 454 g/mol. The average Bonchev–Trinajstić information content (AvgIpc) is 3.38. The van der Waals surface area contributed by atoms with Gasteiger partial charge in [0.25, 0.3) is 0 Å². The van der Waals surface area contributed by atoms with E-state index in [-0.39, 0.29) is 0 Å². The van der Waals surface area contributed by atoms with Gasteiger partial charge in [-0.15, -0.1) is 0 Å². The molecule has 1 aliphatic carbocycles. The molecule has 5 rings (SSSR count). The molecule has 3 aromatic heterocycles. The number of imidazole rings is 1. The Bertz CT molecular complexity index is 1430. The van der Waals surface area contributed by atoms with Crippen LogP contribution in [0.2, 0.25) is 0 Å². The van der Waals surface area contributed by atoms with Crippen molar-refractivity contribution in [2.45, 2.75) is 25.8 Å². The van der Waals surface area contributed by atoms with Crippen molar-refractivity contribution in [2.75, 3.05) is 27.3 Å². The van der Waals surface area contributed by atoms with Crippen LogP contribution in [0.25, 0.3) is 34.6 Å².